The molecular weight excluding hydrogens is 550 g/mol. The number of guanidine groups is 1. The number of aliphatic hydroxyl groups is 3. The lowest BCUT2D eigenvalue weighted by Gasteiger charge is -2.40. The fourth-order valence-electron chi connectivity index (χ4n) is 3.65. The number of aliphatic hydroxyl groups excluding tert-OH is 3. The number of carboxylic acids is 1. The van der Waals surface area contributed by atoms with Crippen LogP contribution in [-0.2, 0) is 9.47 Å². The minimum absolute atomic E-state index is 0.0478. The fraction of sp³-hybridized carbons (Fsp3) is 0.400. The van der Waals surface area contributed by atoms with Crippen LogP contribution in [0.5, 0.6) is 28.7 Å². The molecule has 0 aromatic heterocycles. The molecule has 0 spiro atoms. The number of esters is 1. The zero-order chi connectivity index (χ0) is 30.3. The highest BCUT2D eigenvalue weighted by molar-refractivity contribution is 5.91. The van der Waals surface area contributed by atoms with Gasteiger partial charge in [0, 0.05) is 7.05 Å². The monoisotopic (exact) mass is 581 g/mol. The number of carbonyl (C=O) groups is 2. The van der Waals surface area contributed by atoms with Crippen LogP contribution in [0.1, 0.15) is 20.7 Å². The molecule has 0 bridgehead atoms. The number of hydrogen-bond donors (Lipinski definition) is 7. The Labute approximate surface area is 233 Å². The van der Waals surface area contributed by atoms with Gasteiger partial charge < -0.3 is 65.0 Å². The zero-order valence-corrected chi connectivity index (χ0v) is 22.2. The van der Waals surface area contributed by atoms with Crippen molar-refractivity contribution in [2.75, 3.05) is 34.6 Å². The van der Waals surface area contributed by atoms with Crippen molar-refractivity contribution < 1.29 is 63.5 Å². The first-order valence-corrected chi connectivity index (χ1v) is 11.9. The number of rotatable bonds is 11. The Balaban J connectivity index is 1.76. The van der Waals surface area contributed by atoms with E-state index in [1.54, 1.807) is 0 Å². The van der Waals surface area contributed by atoms with Gasteiger partial charge in [0.05, 0.1) is 25.3 Å². The van der Waals surface area contributed by atoms with Crippen molar-refractivity contribution in [2.24, 2.45) is 10.7 Å². The lowest BCUT2D eigenvalue weighted by atomic mass is 9.99. The summed E-state index contributed by atoms with van der Waals surface area (Å²) in [6.07, 6.45) is -8.22. The van der Waals surface area contributed by atoms with E-state index >= 15 is 0 Å². The molecule has 3 rings (SSSR count). The standard InChI is InChI=1S/C25H31N3O13/c1-27-25(26)28-10-39-14-6-11(22(33)34)4-5-13(14)40-24-21(32)20(31)19(30)17(41-24)9-38-23(35)12-7-15(36-2)18(29)16(8-12)37-3/h4-8,17,19-21,24,29-32H,9-10H2,1-3H3,(H,33,34)(H3,26,27,28)/t17-,19-,20+,21-,24+/m1/s1. The first-order valence-electron chi connectivity index (χ1n) is 11.9. The van der Waals surface area contributed by atoms with Gasteiger partial charge in [0.1, 0.15) is 31.0 Å². The van der Waals surface area contributed by atoms with Crippen LogP contribution in [0.25, 0.3) is 0 Å². The maximum absolute atomic E-state index is 12.7. The summed E-state index contributed by atoms with van der Waals surface area (Å²) in [5, 5.41) is 53.4. The van der Waals surface area contributed by atoms with Crippen LogP contribution in [0.15, 0.2) is 35.3 Å². The number of methoxy groups -OCH3 is 2. The van der Waals surface area contributed by atoms with E-state index in [0.29, 0.717) is 0 Å². The molecule has 0 unspecified atom stereocenters. The van der Waals surface area contributed by atoms with E-state index in [0.717, 1.165) is 6.07 Å². The van der Waals surface area contributed by atoms with Crippen molar-refractivity contribution in [3.63, 3.8) is 0 Å². The van der Waals surface area contributed by atoms with E-state index < -0.39 is 49.3 Å². The first-order chi connectivity index (χ1) is 19.5. The zero-order valence-electron chi connectivity index (χ0n) is 22.2. The number of aromatic hydroxyl groups is 1. The number of carboxylic acid groups (broad SMARTS) is 1. The van der Waals surface area contributed by atoms with E-state index in [1.165, 1.54) is 45.5 Å². The molecule has 2 aromatic rings. The highest BCUT2D eigenvalue weighted by Gasteiger charge is 2.45. The third-order valence-electron chi connectivity index (χ3n) is 5.92. The number of aromatic carboxylic acids is 1. The van der Waals surface area contributed by atoms with Gasteiger partial charge >= 0.3 is 11.9 Å². The van der Waals surface area contributed by atoms with Crippen molar-refractivity contribution in [1.29, 1.82) is 0 Å². The van der Waals surface area contributed by atoms with E-state index in [2.05, 4.69) is 10.3 Å². The number of benzene rings is 2. The third-order valence-corrected chi connectivity index (χ3v) is 5.92. The van der Waals surface area contributed by atoms with Crippen molar-refractivity contribution >= 4 is 17.9 Å². The summed E-state index contributed by atoms with van der Waals surface area (Å²) in [6.45, 7) is -0.820. The molecule has 0 amide bonds. The normalized spacial score (nSPS) is 22.4. The molecular formula is C25H31N3O13. The molecule has 1 aliphatic rings. The SMILES string of the molecule is CN=C(N)NCOc1cc(C(=O)O)ccc1O[C@H]1O[C@H](COC(=O)c2cc(OC)c(O)c(OC)c2)[C@@H](O)[C@H](O)[C@H]1O. The van der Waals surface area contributed by atoms with E-state index in [9.17, 15) is 35.1 Å². The molecule has 8 N–H and O–H groups in total. The second kappa shape index (κ2) is 13.7. The number of carbonyl (C=O) groups excluding carboxylic acids is 1. The van der Waals surface area contributed by atoms with Crippen molar-refractivity contribution in [3.8, 4) is 28.7 Å². The Bertz CT molecular complexity index is 1250. The van der Waals surface area contributed by atoms with Gasteiger partial charge in [-0.1, -0.05) is 0 Å². The van der Waals surface area contributed by atoms with Gasteiger partial charge in [0.25, 0.3) is 0 Å². The average Bonchev–Trinajstić information content (AvgIpc) is 2.97. The molecule has 1 heterocycles. The number of hydrogen-bond acceptors (Lipinski definition) is 13. The molecule has 0 aliphatic carbocycles. The van der Waals surface area contributed by atoms with Crippen LogP contribution in [0.2, 0.25) is 0 Å². The van der Waals surface area contributed by atoms with Crippen molar-refractivity contribution in [3.05, 3.63) is 41.5 Å². The fourth-order valence-corrected chi connectivity index (χ4v) is 3.65. The minimum atomic E-state index is -1.78. The molecule has 41 heavy (non-hydrogen) atoms. The molecule has 0 saturated carbocycles. The lowest BCUT2D eigenvalue weighted by Crippen LogP contribution is -2.60. The second-order valence-electron chi connectivity index (χ2n) is 8.50. The Morgan fingerprint density at radius 3 is 2.20 bits per heavy atom. The number of nitrogens with one attached hydrogen (secondary N) is 1. The van der Waals surface area contributed by atoms with Gasteiger partial charge in [-0.25, -0.2) is 9.59 Å². The Morgan fingerprint density at radius 1 is 0.976 bits per heavy atom. The van der Waals surface area contributed by atoms with Crippen molar-refractivity contribution in [2.45, 2.75) is 30.7 Å². The van der Waals surface area contributed by atoms with Crippen LogP contribution in [0, 0.1) is 0 Å². The Hall–Kier alpha value is -4.51. The molecule has 1 fully saturated rings. The predicted octanol–water partition coefficient (Wildman–Crippen LogP) is -0.979. The van der Waals surface area contributed by atoms with Gasteiger partial charge in [-0.05, 0) is 30.3 Å². The number of nitrogens with zero attached hydrogens (tertiary/aromatic N) is 1. The van der Waals surface area contributed by atoms with Gasteiger partial charge in [-0.3, -0.25) is 4.99 Å². The van der Waals surface area contributed by atoms with E-state index in [4.69, 9.17) is 34.2 Å². The molecule has 16 heteroatoms. The molecule has 16 nitrogen and oxygen atoms in total. The smallest absolute Gasteiger partial charge is 0.338 e. The maximum Gasteiger partial charge on any atom is 0.338 e. The lowest BCUT2D eigenvalue weighted by molar-refractivity contribution is -0.277. The molecule has 224 valence electrons. The summed E-state index contributed by atoms with van der Waals surface area (Å²) in [7, 11) is 4.00. The topological polar surface area (TPSA) is 241 Å². The summed E-state index contributed by atoms with van der Waals surface area (Å²) in [4.78, 5) is 27.8. The highest BCUT2D eigenvalue weighted by Crippen LogP contribution is 2.37. The number of phenols is 1. The van der Waals surface area contributed by atoms with Crippen LogP contribution in [0.4, 0.5) is 0 Å². The van der Waals surface area contributed by atoms with E-state index in [1.807, 2.05) is 0 Å². The van der Waals surface area contributed by atoms with Crippen molar-refractivity contribution in [1.82, 2.24) is 5.32 Å². The van der Waals surface area contributed by atoms with Gasteiger partial charge in [-0.15, -0.1) is 0 Å². The maximum atomic E-state index is 12.7. The van der Waals surface area contributed by atoms with Crippen LogP contribution < -0.4 is 30.0 Å². The number of aliphatic imine (C=N–C) groups is 1. The number of phenolic OH excluding ortho intramolecular Hbond substituents is 1. The number of ether oxygens (including phenoxy) is 6. The molecule has 2 aromatic carbocycles. The Kier molecular flexibility index (Phi) is 10.4. The predicted molar refractivity (Wildman–Crippen MR) is 138 cm³/mol. The quantitative estimate of drug-likeness (QED) is 0.0730. The first kappa shape index (κ1) is 31.0. The van der Waals surface area contributed by atoms with Crippen LogP contribution in [-0.4, -0.2) is 109 Å². The van der Waals surface area contributed by atoms with E-state index in [-0.39, 0.29) is 52.6 Å². The minimum Gasteiger partial charge on any atom is -0.502 e. The summed E-state index contributed by atoms with van der Waals surface area (Å²) < 4.78 is 32.1. The van der Waals surface area contributed by atoms with Crippen LogP contribution >= 0.6 is 0 Å². The van der Waals surface area contributed by atoms with Gasteiger partial charge in [0.15, 0.2) is 35.7 Å². The highest BCUT2D eigenvalue weighted by atomic mass is 16.7. The average molecular weight is 582 g/mol. The molecule has 1 saturated heterocycles. The van der Waals surface area contributed by atoms with Gasteiger partial charge in [-0.2, -0.15) is 0 Å². The Morgan fingerprint density at radius 2 is 1.61 bits per heavy atom. The van der Waals surface area contributed by atoms with Crippen LogP contribution in [0.3, 0.4) is 0 Å². The van der Waals surface area contributed by atoms with Gasteiger partial charge in [0.2, 0.25) is 12.0 Å². The second-order valence-corrected chi connectivity index (χ2v) is 8.50. The molecule has 5 atom stereocenters. The summed E-state index contributed by atoms with van der Waals surface area (Å²) in [5.74, 6) is -2.71. The summed E-state index contributed by atoms with van der Waals surface area (Å²) >= 11 is 0. The molecule has 0 radical (unpaired) electrons. The molecule has 1 aliphatic heterocycles. The summed E-state index contributed by atoms with van der Waals surface area (Å²) in [5.41, 5.74) is 5.36. The summed E-state index contributed by atoms with van der Waals surface area (Å²) in [6, 6.07) is 6.02. The third kappa shape index (κ3) is 7.37. The largest absolute Gasteiger partial charge is 0.502 e. The number of nitrogens with two attached hydrogens (primary N) is 1.